The summed E-state index contributed by atoms with van der Waals surface area (Å²) in [5, 5.41) is 2.49. The average Bonchev–Trinajstić information content (AvgIpc) is 2.77. The number of aromatic amines is 1. The third kappa shape index (κ3) is 3.40. The van der Waals surface area contributed by atoms with Crippen molar-refractivity contribution in [2.45, 2.75) is 25.7 Å². The van der Waals surface area contributed by atoms with E-state index in [1.165, 1.54) is 16.8 Å². The van der Waals surface area contributed by atoms with Gasteiger partial charge in [-0.15, -0.1) is 4.52 Å². The lowest BCUT2D eigenvalue weighted by atomic mass is 10.1. The molecule has 0 aliphatic carbocycles. The summed E-state index contributed by atoms with van der Waals surface area (Å²) in [6.07, 6.45) is 1.41. The van der Waals surface area contributed by atoms with Crippen molar-refractivity contribution in [2.75, 3.05) is 13.7 Å². The van der Waals surface area contributed by atoms with Gasteiger partial charge in [0, 0.05) is 25.2 Å². The van der Waals surface area contributed by atoms with Crippen LogP contribution in [0.15, 0.2) is 21.9 Å². The number of H-pyrrole nitrogens is 1. The number of nitrogens with one attached hydrogen (secondary N) is 2. The van der Waals surface area contributed by atoms with Gasteiger partial charge in [-0.05, 0) is 11.0 Å². The minimum atomic E-state index is -1.88. The number of hydrogen-bond acceptors (Lipinski definition) is 5. The van der Waals surface area contributed by atoms with Crippen LogP contribution in [0.3, 0.4) is 0 Å². The second-order valence-electron chi connectivity index (χ2n) is 4.66. The molecular weight excluding hydrogens is 285 g/mol. The summed E-state index contributed by atoms with van der Waals surface area (Å²) in [4.78, 5) is 25.0. The van der Waals surface area contributed by atoms with Gasteiger partial charge in [-0.1, -0.05) is 12.0 Å². The predicted octanol–water partition coefficient (Wildman–Crippen LogP) is 0.354. The smallest absolute Gasteiger partial charge is 0.352 e. The Morgan fingerprint density at radius 1 is 1.60 bits per heavy atom. The quantitative estimate of drug-likeness (QED) is 0.761. The number of nitrogens with zero attached hydrogens (tertiary/aromatic N) is 1. The van der Waals surface area contributed by atoms with Crippen LogP contribution in [0.1, 0.15) is 19.6 Å². The van der Waals surface area contributed by atoms with Gasteiger partial charge >= 0.3 is 13.9 Å². The summed E-state index contributed by atoms with van der Waals surface area (Å²) < 4.78 is 23.3. The molecule has 2 heterocycles. The molecule has 0 radical (unpaired) electrons. The first-order valence-electron chi connectivity index (χ1n) is 6.25. The molecular formula is C11H17N3O5P+. The first kappa shape index (κ1) is 15.1. The highest BCUT2D eigenvalue weighted by atomic mass is 31.1. The molecule has 2 rings (SSSR count). The predicted molar refractivity (Wildman–Crippen MR) is 71.6 cm³/mol. The Hall–Kier alpha value is -1.34. The molecule has 20 heavy (non-hydrogen) atoms. The van der Waals surface area contributed by atoms with Gasteiger partial charge in [0.2, 0.25) is 0 Å². The Balaban J connectivity index is 2.05. The Morgan fingerprint density at radius 3 is 3.00 bits per heavy atom. The maximum atomic E-state index is 11.7. The molecule has 1 aliphatic rings. The molecule has 1 aromatic rings. The zero-order valence-electron chi connectivity index (χ0n) is 11.2. The van der Waals surface area contributed by atoms with Crippen LogP contribution < -0.4 is 16.3 Å². The van der Waals surface area contributed by atoms with Gasteiger partial charge in [0.15, 0.2) is 0 Å². The standard InChI is InChI=1S/C11H16N3O5P/c1-7-5-8(6-18-20(17)12-2)19-10(7)14-4-3-9(15)13-11(14)16/h3-4,7-8,10H,5-6H2,1-2H3,(H-,12,13,15,16,17)/p+1. The van der Waals surface area contributed by atoms with Crippen molar-refractivity contribution in [1.82, 2.24) is 14.6 Å². The van der Waals surface area contributed by atoms with Crippen molar-refractivity contribution in [1.29, 1.82) is 0 Å². The van der Waals surface area contributed by atoms with Crippen molar-refractivity contribution < 1.29 is 13.8 Å². The Bertz CT molecular complexity index is 598. The molecule has 0 bridgehead atoms. The highest BCUT2D eigenvalue weighted by molar-refractivity contribution is 7.36. The topological polar surface area (TPSA) is 102 Å². The highest BCUT2D eigenvalue weighted by Gasteiger charge is 2.35. The van der Waals surface area contributed by atoms with Gasteiger partial charge in [0.25, 0.3) is 5.56 Å². The van der Waals surface area contributed by atoms with E-state index in [0.29, 0.717) is 6.42 Å². The van der Waals surface area contributed by atoms with Crippen molar-refractivity contribution >= 4 is 8.18 Å². The molecule has 0 spiro atoms. The SMILES string of the molecule is CN[P+](=O)OCC1CC(C)C(n2ccc(=O)[nH]c2=O)O1. The zero-order valence-corrected chi connectivity index (χ0v) is 12.1. The van der Waals surface area contributed by atoms with E-state index in [4.69, 9.17) is 9.26 Å². The normalized spacial score (nSPS) is 26.7. The van der Waals surface area contributed by atoms with Crippen LogP contribution in [-0.2, 0) is 13.8 Å². The highest BCUT2D eigenvalue weighted by Crippen LogP contribution is 2.34. The number of hydrogen-bond donors (Lipinski definition) is 2. The van der Waals surface area contributed by atoms with Crippen LogP contribution in [0.25, 0.3) is 0 Å². The summed E-state index contributed by atoms with van der Waals surface area (Å²) in [5.74, 6) is 0.0830. The lowest BCUT2D eigenvalue weighted by Gasteiger charge is -2.17. The lowest BCUT2D eigenvalue weighted by molar-refractivity contribution is -0.0287. The van der Waals surface area contributed by atoms with E-state index in [9.17, 15) is 14.2 Å². The van der Waals surface area contributed by atoms with Crippen LogP contribution in [0, 0.1) is 5.92 Å². The maximum Gasteiger partial charge on any atom is 0.612 e. The third-order valence-electron chi connectivity index (χ3n) is 3.14. The second-order valence-corrected chi connectivity index (χ2v) is 5.88. The molecule has 1 aliphatic heterocycles. The fourth-order valence-electron chi connectivity index (χ4n) is 2.21. The average molecular weight is 302 g/mol. The summed E-state index contributed by atoms with van der Waals surface area (Å²) in [5.41, 5.74) is -0.944. The van der Waals surface area contributed by atoms with E-state index in [-0.39, 0.29) is 18.6 Å². The van der Waals surface area contributed by atoms with Crippen LogP contribution >= 0.6 is 8.18 Å². The van der Waals surface area contributed by atoms with E-state index in [2.05, 4.69) is 10.1 Å². The van der Waals surface area contributed by atoms with Crippen LogP contribution in [0.4, 0.5) is 0 Å². The number of ether oxygens (including phenoxy) is 1. The Morgan fingerprint density at radius 2 is 2.35 bits per heavy atom. The summed E-state index contributed by atoms with van der Waals surface area (Å²) in [6, 6.07) is 1.28. The van der Waals surface area contributed by atoms with E-state index in [1.54, 1.807) is 7.05 Å². The van der Waals surface area contributed by atoms with Crippen molar-refractivity contribution in [3.05, 3.63) is 33.1 Å². The minimum Gasteiger partial charge on any atom is -0.352 e. The second kappa shape index (κ2) is 6.41. The Labute approximate surface area is 116 Å². The zero-order chi connectivity index (χ0) is 14.7. The van der Waals surface area contributed by atoms with Gasteiger partial charge in [-0.2, -0.15) is 0 Å². The van der Waals surface area contributed by atoms with Crippen molar-refractivity contribution in [3.8, 4) is 0 Å². The van der Waals surface area contributed by atoms with Gasteiger partial charge in [0.05, 0.1) is 6.10 Å². The Kier molecular flexibility index (Phi) is 4.82. The first-order chi connectivity index (χ1) is 9.51. The van der Waals surface area contributed by atoms with Crippen molar-refractivity contribution in [3.63, 3.8) is 0 Å². The van der Waals surface area contributed by atoms with Crippen LogP contribution in [0.2, 0.25) is 0 Å². The monoisotopic (exact) mass is 302 g/mol. The largest absolute Gasteiger partial charge is 0.612 e. The summed E-state index contributed by atoms with van der Waals surface area (Å²) in [6.45, 7) is 2.13. The molecule has 4 atom stereocenters. The van der Waals surface area contributed by atoms with E-state index in [1.807, 2.05) is 6.92 Å². The molecule has 4 unspecified atom stereocenters. The fourth-order valence-corrected chi connectivity index (χ4v) is 2.64. The summed E-state index contributed by atoms with van der Waals surface area (Å²) >= 11 is 0. The van der Waals surface area contributed by atoms with E-state index in [0.717, 1.165) is 0 Å². The molecule has 0 saturated carbocycles. The van der Waals surface area contributed by atoms with Crippen LogP contribution in [-0.4, -0.2) is 29.3 Å². The molecule has 8 nitrogen and oxygen atoms in total. The molecule has 0 aromatic carbocycles. The maximum absolute atomic E-state index is 11.7. The molecule has 9 heteroatoms. The molecule has 110 valence electrons. The number of aromatic nitrogens is 2. The summed E-state index contributed by atoms with van der Waals surface area (Å²) in [7, 11) is -0.343. The van der Waals surface area contributed by atoms with E-state index < -0.39 is 25.7 Å². The minimum absolute atomic E-state index is 0.0830. The van der Waals surface area contributed by atoms with Gasteiger partial charge in [-0.25, -0.2) is 4.79 Å². The molecule has 2 N–H and O–H groups in total. The molecule has 1 fully saturated rings. The van der Waals surface area contributed by atoms with E-state index >= 15 is 0 Å². The lowest BCUT2D eigenvalue weighted by Crippen LogP contribution is -2.33. The van der Waals surface area contributed by atoms with Crippen molar-refractivity contribution in [2.24, 2.45) is 5.92 Å². The van der Waals surface area contributed by atoms with Gasteiger partial charge in [0.1, 0.15) is 12.8 Å². The van der Waals surface area contributed by atoms with Gasteiger partial charge in [-0.3, -0.25) is 14.3 Å². The fraction of sp³-hybridized carbons (Fsp3) is 0.636. The molecule has 0 amide bonds. The molecule has 1 aromatic heterocycles. The van der Waals surface area contributed by atoms with Gasteiger partial charge < -0.3 is 4.74 Å². The molecule has 1 saturated heterocycles. The first-order valence-corrected chi connectivity index (χ1v) is 7.43. The third-order valence-corrected chi connectivity index (χ3v) is 3.89. The number of rotatable bonds is 5. The van der Waals surface area contributed by atoms with Crippen LogP contribution in [0.5, 0.6) is 0 Å².